The van der Waals surface area contributed by atoms with Crippen LogP contribution in [0, 0.1) is 5.82 Å². The van der Waals surface area contributed by atoms with Crippen LogP contribution in [0.4, 0.5) is 10.3 Å². The monoisotopic (exact) mass is 417 g/mol. The Kier molecular flexibility index (Phi) is 3.48. The van der Waals surface area contributed by atoms with E-state index in [9.17, 15) is 4.39 Å². The van der Waals surface area contributed by atoms with Crippen LogP contribution in [0.15, 0.2) is 39.3 Å². The number of nitrogens with two attached hydrogens (primary N) is 1. The average Bonchev–Trinajstić information content (AvgIpc) is 2.69. The second-order valence-electron chi connectivity index (χ2n) is 4.13. The quantitative estimate of drug-likeness (QED) is 0.608. The first kappa shape index (κ1) is 13.9. The minimum atomic E-state index is -0.382. The molecule has 7 heteroatoms. The Balaban J connectivity index is 2.39. The van der Waals surface area contributed by atoms with Gasteiger partial charge in [-0.15, -0.1) is 0 Å². The van der Waals surface area contributed by atoms with Gasteiger partial charge >= 0.3 is 0 Å². The van der Waals surface area contributed by atoms with Gasteiger partial charge in [-0.3, -0.25) is 4.57 Å². The van der Waals surface area contributed by atoms with Crippen molar-refractivity contribution in [3.63, 3.8) is 0 Å². The van der Waals surface area contributed by atoms with Crippen molar-refractivity contribution in [1.82, 2.24) is 9.55 Å². The number of nitrogens with zero attached hydrogens (tertiary/aromatic N) is 2. The number of hydrogen-bond donors (Lipinski definition) is 1. The third kappa shape index (κ3) is 2.12. The third-order valence-electron chi connectivity index (χ3n) is 2.89. The van der Waals surface area contributed by atoms with Crippen LogP contribution in [0.1, 0.15) is 0 Å². The Morgan fingerprint density at radius 2 is 2.00 bits per heavy atom. The number of benzene rings is 2. The molecule has 102 valence electrons. The number of hydrogen-bond acceptors (Lipinski definition) is 2. The van der Waals surface area contributed by atoms with Gasteiger partial charge in [-0.05, 0) is 50.1 Å². The van der Waals surface area contributed by atoms with Crippen LogP contribution in [-0.2, 0) is 0 Å². The van der Waals surface area contributed by atoms with Crippen molar-refractivity contribution in [2.45, 2.75) is 0 Å². The lowest BCUT2D eigenvalue weighted by Gasteiger charge is -2.10. The highest BCUT2D eigenvalue weighted by Crippen LogP contribution is 2.34. The predicted molar refractivity (Wildman–Crippen MR) is 85.9 cm³/mol. The van der Waals surface area contributed by atoms with E-state index in [0.29, 0.717) is 25.0 Å². The molecule has 0 fully saturated rings. The van der Waals surface area contributed by atoms with Gasteiger partial charge in [-0.25, -0.2) is 9.37 Å². The molecule has 0 saturated heterocycles. The van der Waals surface area contributed by atoms with E-state index in [1.54, 1.807) is 16.7 Å². The molecule has 0 bridgehead atoms. The Morgan fingerprint density at radius 3 is 2.75 bits per heavy atom. The number of halogens is 4. The molecule has 0 spiro atoms. The highest BCUT2D eigenvalue weighted by atomic mass is 79.9. The molecule has 1 aromatic heterocycles. The van der Waals surface area contributed by atoms with E-state index in [-0.39, 0.29) is 11.8 Å². The summed E-state index contributed by atoms with van der Waals surface area (Å²) in [6, 6.07) is 8.41. The molecule has 0 radical (unpaired) electrons. The normalized spacial score (nSPS) is 11.2. The molecule has 0 unspecified atom stereocenters. The number of anilines is 1. The van der Waals surface area contributed by atoms with Gasteiger partial charge in [0.1, 0.15) is 5.82 Å². The second kappa shape index (κ2) is 5.02. The first-order chi connectivity index (χ1) is 9.49. The maximum Gasteiger partial charge on any atom is 0.205 e. The Bertz CT molecular complexity index is 832. The lowest BCUT2D eigenvalue weighted by molar-refractivity contribution is 0.623. The summed E-state index contributed by atoms with van der Waals surface area (Å²) in [5.41, 5.74) is 7.88. The molecule has 2 N–H and O–H groups in total. The van der Waals surface area contributed by atoms with Gasteiger partial charge in [-0.1, -0.05) is 17.7 Å². The molecule has 3 rings (SSSR count). The van der Waals surface area contributed by atoms with Crippen LogP contribution in [-0.4, -0.2) is 9.55 Å². The van der Waals surface area contributed by atoms with E-state index >= 15 is 0 Å². The smallest absolute Gasteiger partial charge is 0.205 e. The van der Waals surface area contributed by atoms with Crippen LogP contribution in [0.3, 0.4) is 0 Å². The zero-order valence-electron chi connectivity index (χ0n) is 9.87. The fourth-order valence-electron chi connectivity index (χ4n) is 2.01. The minimum absolute atomic E-state index is 0.264. The summed E-state index contributed by atoms with van der Waals surface area (Å²) in [4.78, 5) is 4.18. The summed E-state index contributed by atoms with van der Waals surface area (Å²) in [7, 11) is 0. The molecule has 2 aromatic carbocycles. The predicted octanol–water partition coefficient (Wildman–Crippen LogP) is 4.93. The summed E-state index contributed by atoms with van der Waals surface area (Å²) in [5, 5.41) is 0.560. The maximum atomic E-state index is 13.6. The lowest BCUT2D eigenvalue weighted by atomic mass is 10.2. The first-order valence-electron chi connectivity index (χ1n) is 5.56. The summed E-state index contributed by atoms with van der Waals surface area (Å²) < 4.78 is 16.3. The first-order valence-corrected chi connectivity index (χ1v) is 7.53. The van der Waals surface area contributed by atoms with E-state index in [4.69, 9.17) is 17.3 Å². The summed E-state index contributed by atoms with van der Waals surface area (Å²) >= 11 is 12.7. The van der Waals surface area contributed by atoms with Crippen LogP contribution in [0.5, 0.6) is 0 Å². The van der Waals surface area contributed by atoms with E-state index in [2.05, 4.69) is 36.8 Å². The summed E-state index contributed by atoms with van der Waals surface area (Å²) in [6.07, 6.45) is 0. The highest BCUT2D eigenvalue weighted by molar-refractivity contribution is 9.11. The van der Waals surface area contributed by atoms with Gasteiger partial charge < -0.3 is 5.73 Å². The van der Waals surface area contributed by atoms with Crippen molar-refractivity contribution in [3.8, 4) is 5.69 Å². The molecule has 1 heterocycles. The van der Waals surface area contributed by atoms with Gasteiger partial charge in [0.05, 0.1) is 30.7 Å². The molecule has 3 aromatic rings. The van der Waals surface area contributed by atoms with Crippen LogP contribution < -0.4 is 5.73 Å². The van der Waals surface area contributed by atoms with Crippen LogP contribution >= 0.6 is 43.5 Å². The van der Waals surface area contributed by atoms with Crippen molar-refractivity contribution in [2.75, 3.05) is 5.73 Å². The van der Waals surface area contributed by atoms with Crippen LogP contribution in [0.25, 0.3) is 16.7 Å². The molecule has 3 nitrogen and oxygen atoms in total. The highest BCUT2D eigenvalue weighted by Gasteiger charge is 2.15. The van der Waals surface area contributed by atoms with Crippen molar-refractivity contribution >= 4 is 60.4 Å². The topological polar surface area (TPSA) is 43.8 Å². The SMILES string of the molecule is Nc1nc2cc(F)c(Br)cc2n1-c1cccc(Cl)c1Br. The number of fused-ring (bicyclic) bond motifs is 1. The molecular formula is C13H7Br2ClFN3. The largest absolute Gasteiger partial charge is 0.369 e. The van der Waals surface area contributed by atoms with Gasteiger partial charge in [0, 0.05) is 6.07 Å². The van der Waals surface area contributed by atoms with Gasteiger partial charge in [0.2, 0.25) is 5.95 Å². The summed E-state index contributed by atoms with van der Waals surface area (Å²) in [6.45, 7) is 0. The molecule has 0 amide bonds. The molecule has 0 aliphatic heterocycles. The molecule has 0 saturated carbocycles. The Hall–Kier alpha value is -1.11. The number of aromatic nitrogens is 2. The zero-order chi connectivity index (χ0) is 14.4. The standard InChI is InChI=1S/C13H7Br2ClFN3/c14-6-4-11-9(5-8(6)17)19-13(18)20(11)10-3-1-2-7(16)12(10)15/h1-5H,(H2,18,19). The zero-order valence-corrected chi connectivity index (χ0v) is 13.8. The Labute approximate surface area is 135 Å². The second-order valence-corrected chi connectivity index (χ2v) is 6.19. The van der Waals surface area contributed by atoms with Crippen molar-refractivity contribution in [2.24, 2.45) is 0 Å². The number of imidazole rings is 1. The molecule has 0 aliphatic carbocycles. The van der Waals surface area contributed by atoms with Crippen molar-refractivity contribution < 1.29 is 4.39 Å². The fourth-order valence-corrected chi connectivity index (χ4v) is 2.95. The van der Waals surface area contributed by atoms with E-state index in [1.807, 2.05) is 12.1 Å². The molecule has 0 atom stereocenters. The molecule has 20 heavy (non-hydrogen) atoms. The lowest BCUT2D eigenvalue weighted by Crippen LogP contribution is -2.01. The Morgan fingerprint density at radius 1 is 1.25 bits per heavy atom. The van der Waals surface area contributed by atoms with E-state index in [0.717, 1.165) is 5.69 Å². The maximum absolute atomic E-state index is 13.6. The number of rotatable bonds is 1. The van der Waals surface area contributed by atoms with Crippen molar-refractivity contribution in [3.05, 3.63) is 50.1 Å². The molecule has 0 aliphatic rings. The van der Waals surface area contributed by atoms with E-state index < -0.39 is 0 Å². The minimum Gasteiger partial charge on any atom is -0.369 e. The molecular weight excluding hydrogens is 412 g/mol. The van der Waals surface area contributed by atoms with Crippen molar-refractivity contribution in [1.29, 1.82) is 0 Å². The average molecular weight is 419 g/mol. The van der Waals surface area contributed by atoms with Crippen LogP contribution in [0.2, 0.25) is 5.02 Å². The fraction of sp³-hybridized carbons (Fsp3) is 0. The third-order valence-corrected chi connectivity index (χ3v) is 4.88. The van der Waals surface area contributed by atoms with Gasteiger partial charge in [-0.2, -0.15) is 0 Å². The van der Waals surface area contributed by atoms with Gasteiger partial charge in [0.25, 0.3) is 0 Å². The van der Waals surface area contributed by atoms with E-state index in [1.165, 1.54) is 6.07 Å². The summed E-state index contributed by atoms with van der Waals surface area (Å²) in [5.74, 6) is -0.118. The van der Waals surface area contributed by atoms with Gasteiger partial charge in [0.15, 0.2) is 0 Å². The number of nitrogen functional groups attached to an aromatic ring is 1.